The third-order valence-electron chi connectivity index (χ3n) is 3.86. The van der Waals surface area contributed by atoms with Gasteiger partial charge in [-0.2, -0.15) is 0 Å². The Labute approximate surface area is 126 Å². The van der Waals surface area contributed by atoms with Crippen LogP contribution in [0.25, 0.3) is 0 Å². The van der Waals surface area contributed by atoms with Crippen LogP contribution in [0.4, 0.5) is 10.5 Å². The second-order valence-corrected chi connectivity index (χ2v) is 5.31. The Kier molecular flexibility index (Phi) is 5.44. The molecule has 1 aliphatic rings. The average Bonchev–Trinajstić information content (AvgIpc) is 2.50. The maximum Gasteiger partial charge on any atom is 0.409 e. The van der Waals surface area contributed by atoms with Gasteiger partial charge < -0.3 is 19.9 Å². The summed E-state index contributed by atoms with van der Waals surface area (Å²) < 4.78 is 5.05. The van der Waals surface area contributed by atoms with Crippen molar-refractivity contribution in [2.75, 3.05) is 44.7 Å². The minimum atomic E-state index is -0.197. The molecule has 116 valence electrons. The molecule has 5 nitrogen and oxygen atoms in total. The lowest BCUT2D eigenvalue weighted by molar-refractivity contribution is 0.105. The molecule has 2 rings (SSSR count). The van der Waals surface area contributed by atoms with E-state index in [0.717, 1.165) is 32.7 Å². The highest BCUT2D eigenvalue weighted by Crippen LogP contribution is 2.21. The second kappa shape index (κ2) is 7.31. The van der Waals surface area contributed by atoms with Gasteiger partial charge in [-0.1, -0.05) is 6.07 Å². The van der Waals surface area contributed by atoms with Gasteiger partial charge in [0.25, 0.3) is 0 Å². The van der Waals surface area contributed by atoms with E-state index in [2.05, 4.69) is 35.3 Å². The first-order valence-corrected chi connectivity index (χ1v) is 7.56. The molecule has 0 aromatic heterocycles. The van der Waals surface area contributed by atoms with Gasteiger partial charge in [0, 0.05) is 38.4 Å². The summed E-state index contributed by atoms with van der Waals surface area (Å²) in [6.07, 6.45) is -0.197. The summed E-state index contributed by atoms with van der Waals surface area (Å²) >= 11 is 0. The molecule has 1 N–H and O–H groups in total. The summed E-state index contributed by atoms with van der Waals surface area (Å²) in [4.78, 5) is 15.8. The van der Waals surface area contributed by atoms with Gasteiger partial charge in [0.05, 0.1) is 6.61 Å². The van der Waals surface area contributed by atoms with Gasteiger partial charge in [-0.25, -0.2) is 4.79 Å². The molecule has 0 radical (unpaired) electrons. The lowest BCUT2D eigenvalue weighted by Gasteiger charge is -2.35. The zero-order valence-corrected chi connectivity index (χ0v) is 13.2. The van der Waals surface area contributed by atoms with Gasteiger partial charge in [0.1, 0.15) is 0 Å². The Morgan fingerprint density at radius 2 is 2.00 bits per heavy atom. The summed E-state index contributed by atoms with van der Waals surface area (Å²) in [5, 5.41) is 3.18. The highest BCUT2D eigenvalue weighted by atomic mass is 16.6. The summed E-state index contributed by atoms with van der Waals surface area (Å²) in [6, 6.07) is 6.57. The van der Waals surface area contributed by atoms with Crippen molar-refractivity contribution < 1.29 is 9.53 Å². The van der Waals surface area contributed by atoms with Crippen LogP contribution in [-0.4, -0.2) is 50.8 Å². The highest BCUT2D eigenvalue weighted by Gasteiger charge is 2.22. The number of hydrogen-bond donors (Lipinski definition) is 1. The quantitative estimate of drug-likeness (QED) is 0.921. The Morgan fingerprint density at radius 3 is 2.57 bits per heavy atom. The summed E-state index contributed by atoms with van der Waals surface area (Å²) in [5.41, 5.74) is 3.86. The first-order valence-electron chi connectivity index (χ1n) is 7.56. The lowest BCUT2D eigenvalue weighted by Crippen LogP contribution is -2.49. The Morgan fingerprint density at radius 1 is 1.29 bits per heavy atom. The fourth-order valence-corrected chi connectivity index (χ4v) is 2.63. The maximum absolute atomic E-state index is 11.7. The van der Waals surface area contributed by atoms with Crippen molar-refractivity contribution in [1.82, 2.24) is 10.2 Å². The fraction of sp³-hybridized carbons (Fsp3) is 0.562. The van der Waals surface area contributed by atoms with Crippen molar-refractivity contribution in [2.24, 2.45) is 0 Å². The molecule has 5 heteroatoms. The Bertz CT molecular complexity index is 482. The molecule has 0 aliphatic carbocycles. The van der Waals surface area contributed by atoms with Crippen molar-refractivity contribution in [3.8, 4) is 0 Å². The van der Waals surface area contributed by atoms with Crippen molar-refractivity contribution in [3.05, 3.63) is 29.3 Å². The van der Waals surface area contributed by atoms with Gasteiger partial charge in [-0.05, 0) is 44.2 Å². The minimum absolute atomic E-state index is 0.197. The number of nitrogens with zero attached hydrogens (tertiary/aromatic N) is 2. The van der Waals surface area contributed by atoms with Crippen LogP contribution in [0.1, 0.15) is 18.1 Å². The molecule has 1 amide bonds. The van der Waals surface area contributed by atoms with Crippen molar-refractivity contribution >= 4 is 11.8 Å². The van der Waals surface area contributed by atoms with Crippen LogP contribution in [0.5, 0.6) is 0 Å². The number of nitrogens with one attached hydrogen (secondary N) is 1. The predicted octanol–water partition coefficient (Wildman–Crippen LogP) is 1.99. The number of benzene rings is 1. The largest absolute Gasteiger partial charge is 0.450 e. The molecule has 0 bridgehead atoms. The molecule has 21 heavy (non-hydrogen) atoms. The number of anilines is 1. The van der Waals surface area contributed by atoms with Gasteiger partial charge >= 0.3 is 6.09 Å². The maximum atomic E-state index is 11.7. The molecular formula is C16H25N3O2. The molecule has 1 saturated heterocycles. The zero-order chi connectivity index (χ0) is 15.2. The van der Waals surface area contributed by atoms with E-state index in [1.807, 2.05) is 14.0 Å². The van der Waals surface area contributed by atoms with E-state index in [-0.39, 0.29) is 6.09 Å². The molecule has 0 saturated carbocycles. The number of rotatable bonds is 4. The predicted molar refractivity (Wildman–Crippen MR) is 84.8 cm³/mol. The third-order valence-corrected chi connectivity index (χ3v) is 3.86. The molecule has 0 unspecified atom stereocenters. The number of piperazine rings is 1. The monoisotopic (exact) mass is 291 g/mol. The summed E-state index contributed by atoms with van der Waals surface area (Å²) in [5.74, 6) is 0. The molecular weight excluding hydrogens is 266 g/mol. The SMILES string of the molecule is CCOC(=O)N1CCN(c2ccc(CNC)c(C)c2)CC1. The topological polar surface area (TPSA) is 44.8 Å². The standard InChI is InChI=1S/C16H25N3O2/c1-4-21-16(20)19-9-7-18(8-10-19)15-6-5-14(12-17-3)13(2)11-15/h5-6,11,17H,4,7-10,12H2,1-3H3. The molecule has 1 aromatic carbocycles. The van der Waals surface area contributed by atoms with Gasteiger partial charge in [0.15, 0.2) is 0 Å². The Balaban J connectivity index is 1.96. The molecule has 0 spiro atoms. The fourth-order valence-electron chi connectivity index (χ4n) is 2.63. The second-order valence-electron chi connectivity index (χ2n) is 5.31. The first kappa shape index (κ1) is 15.6. The van der Waals surface area contributed by atoms with Crippen molar-refractivity contribution in [3.63, 3.8) is 0 Å². The number of amides is 1. The van der Waals surface area contributed by atoms with Crippen LogP contribution in [0.3, 0.4) is 0 Å². The van der Waals surface area contributed by atoms with Crippen LogP contribution < -0.4 is 10.2 Å². The van der Waals surface area contributed by atoms with E-state index < -0.39 is 0 Å². The third kappa shape index (κ3) is 3.88. The van der Waals surface area contributed by atoms with Crippen LogP contribution in [0, 0.1) is 6.92 Å². The van der Waals surface area contributed by atoms with Crippen LogP contribution in [0.15, 0.2) is 18.2 Å². The average molecular weight is 291 g/mol. The summed E-state index contributed by atoms with van der Waals surface area (Å²) in [7, 11) is 1.96. The molecule has 1 aliphatic heterocycles. The van der Waals surface area contributed by atoms with E-state index in [1.54, 1.807) is 4.90 Å². The van der Waals surface area contributed by atoms with Crippen LogP contribution in [-0.2, 0) is 11.3 Å². The highest BCUT2D eigenvalue weighted by molar-refractivity contribution is 5.68. The Hall–Kier alpha value is -1.75. The molecule has 1 aromatic rings. The van der Waals surface area contributed by atoms with Crippen molar-refractivity contribution in [1.29, 1.82) is 0 Å². The zero-order valence-electron chi connectivity index (χ0n) is 13.2. The molecule has 1 heterocycles. The number of hydrogen-bond acceptors (Lipinski definition) is 4. The van der Waals surface area contributed by atoms with Gasteiger partial charge in [0.2, 0.25) is 0 Å². The first-order chi connectivity index (χ1) is 10.2. The van der Waals surface area contributed by atoms with Crippen molar-refractivity contribution in [2.45, 2.75) is 20.4 Å². The van der Waals surface area contributed by atoms with E-state index in [0.29, 0.717) is 6.61 Å². The molecule has 0 atom stereocenters. The number of carbonyl (C=O) groups excluding carboxylic acids is 1. The van der Waals surface area contributed by atoms with Crippen LogP contribution in [0.2, 0.25) is 0 Å². The minimum Gasteiger partial charge on any atom is -0.450 e. The lowest BCUT2D eigenvalue weighted by atomic mass is 10.1. The number of carbonyl (C=O) groups is 1. The van der Waals surface area contributed by atoms with Crippen LogP contribution >= 0.6 is 0 Å². The van der Waals surface area contributed by atoms with E-state index in [4.69, 9.17) is 4.74 Å². The summed E-state index contributed by atoms with van der Waals surface area (Å²) in [6.45, 7) is 8.45. The molecule has 1 fully saturated rings. The smallest absolute Gasteiger partial charge is 0.409 e. The van der Waals surface area contributed by atoms with E-state index >= 15 is 0 Å². The number of aryl methyl sites for hydroxylation is 1. The van der Waals surface area contributed by atoms with Gasteiger partial charge in [-0.3, -0.25) is 0 Å². The van der Waals surface area contributed by atoms with E-state index in [1.165, 1.54) is 16.8 Å². The van der Waals surface area contributed by atoms with Gasteiger partial charge in [-0.15, -0.1) is 0 Å². The normalized spacial score (nSPS) is 15.2. The number of ether oxygens (including phenoxy) is 1. The van der Waals surface area contributed by atoms with E-state index in [9.17, 15) is 4.79 Å².